The van der Waals surface area contributed by atoms with Crippen molar-refractivity contribution in [3.8, 4) is 0 Å². The molecule has 0 aromatic carbocycles. The number of aromatic nitrogens is 2. The molecular weight excluding hydrogens is 218 g/mol. The third-order valence-corrected chi connectivity index (χ3v) is 3.44. The molecular formula is C12H19N3O2. The van der Waals surface area contributed by atoms with Crippen molar-refractivity contribution < 1.29 is 9.90 Å². The fourth-order valence-corrected chi connectivity index (χ4v) is 2.31. The number of hydrogen-bond donors (Lipinski definition) is 1. The van der Waals surface area contributed by atoms with E-state index in [2.05, 4.69) is 5.10 Å². The van der Waals surface area contributed by atoms with Crippen LogP contribution >= 0.6 is 0 Å². The third-order valence-electron chi connectivity index (χ3n) is 3.44. The average Bonchev–Trinajstić information content (AvgIpc) is 2.56. The predicted octanol–water partition coefficient (Wildman–Crippen LogP) is 0.716. The molecule has 5 nitrogen and oxygen atoms in total. The second kappa shape index (κ2) is 4.14. The summed E-state index contributed by atoms with van der Waals surface area (Å²) in [5, 5.41) is 14.1. The molecule has 0 unspecified atom stereocenters. The van der Waals surface area contributed by atoms with Crippen LogP contribution in [0.15, 0.2) is 6.20 Å². The maximum atomic E-state index is 12.1. The molecule has 0 spiro atoms. The van der Waals surface area contributed by atoms with Crippen LogP contribution in [0.1, 0.15) is 35.8 Å². The number of carbonyl (C=O) groups excluding carboxylic acids is 1. The van der Waals surface area contributed by atoms with Crippen molar-refractivity contribution in [2.24, 2.45) is 7.05 Å². The van der Waals surface area contributed by atoms with Gasteiger partial charge in [0.1, 0.15) is 0 Å². The topological polar surface area (TPSA) is 58.4 Å². The highest BCUT2D eigenvalue weighted by molar-refractivity contribution is 5.95. The Balaban J connectivity index is 2.03. The lowest BCUT2D eigenvalue weighted by Gasteiger charge is -2.46. The molecule has 0 radical (unpaired) electrons. The van der Waals surface area contributed by atoms with Crippen molar-refractivity contribution in [2.75, 3.05) is 13.1 Å². The largest absolute Gasteiger partial charge is 0.386 e. The van der Waals surface area contributed by atoms with Crippen LogP contribution in [-0.4, -0.2) is 44.4 Å². The smallest absolute Gasteiger partial charge is 0.257 e. The maximum Gasteiger partial charge on any atom is 0.257 e. The molecule has 1 aliphatic rings. The minimum Gasteiger partial charge on any atom is -0.386 e. The molecule has 0 atom stereocenters. The van der Waals surface area contributed by atoms with Crippen LogP contribution in [0.25, 0.3) is 0 Å². The van der Waals surface area contributed by atoms with Crippen molar-refractivity contribution in [2.45, 2.75) is 32.3 Å². The molecule has 1 aromatic rings. The number of carbonyl (C=O) groups is 1. The number of rotatable bonds is 3. The zero-order valence-corrected chi connectivity index (χ0v) is 10.6. The first-order chi connectivity index (χ1) is 7.97. The van der Waals surface area contributed by atoms with Crippen LogP contribution in [-0.2, 0) is 7.05 Å². The second-order valence-corrected chi connectivity index (χ2v) is 4.90. The van der Waals surface area contributed by atoms with E-state index in [9.17, 15) is 9.90 Å². The Morgan fingerprint density at radius 2 is 2.24 bits per heavy atom. The number of hydrogen-bond acceptors (Lipinski definition) is 3. The number of likely N-dealkylation sites (tertiary alicyclic amines) is 1. The minimum atomic E-state index is -0.666. The first-order valence-corrected chi connectivity index (χ1v) is 5.97. The fraction of sp³-hybridized carbons (Fsp3) is 0.667. The summed E-state index contributed by atoms with van der Waals surface area (Å²) in [6.07, 6.45) is 3.28. The van der Waals surface area contributed by atoms with Gasteiger partial charge in [0.2, 0.25) is 0 Å². The first kappa shape index (κ1) is 12.1. The Labute approximate surface area is 101 Å². The van der Waals surface area contributed by atoms with E-state index in [1.165, 1.54) is 0 Å². The minimum absolute atomic E-state index is 0.0311. The zero-order valence-electron chi connectivity index (χ0n) is 10.6. The van der Waals surface area contributed by atoms with Gasteiger partial charge in [-0.05, 0) is 13.3 Å². The lowest BCUT2D eigenvalue weighted by Crippen LogP contribution is -2.63. The zero-order chi connectivity index (χ0) is 12.6. The van der Waals surface area contributed by atoms with E-state index in [1.54, 1.807) is 15.8 Å². The van der Waals surface area contributed by atoms with Gasteiger partial charge in [-0.3, -0.25) is 9.48 Å². The number of β-amino-alcohol motifs (C(OH)–C–C–N with tert-alkyl or cyclic N) is 1. The highest BCUT2D eigenvalue weighted by Gasteiger charge is 2.43. The highest BCUT2D eigenvalue weighted by atomic mass is 16.3. The van der Waals surface area contributed by atoms with Crippen LogP contribution in [0, 0.1) is 6.92 Å². The van der Waals surface area contributed by atoms with Crippen LogP contribution in [0.5, 0.6) is 0 Å². The number of nitrogens with zero attached hydrogens (tertiary/aromatic N) is 3. The normalized spacial score (nSPS) is 18.0. The van der Waals surface area contributed by atoms with Crippen LogP contribution in [0.3, 0.4) is 0 Å². The second-order valence-electron chi connectivity index (χ2n) is 4.90. The summed E-state index contributed by atoms with van der Waals surface area (Å²) >= 11 is 0. The van der Waals surface area contributed by atoms with Gasteiger partial charge < -0.3 is 10.0 Å². The Bertz CT molecular complexity index is 433. The summed E-state index contributed by atoms with van der Waals surface area (Å²) in [6.45, 7) is 4.79. The Kier molecular flexibility index (Phi) is 2.95. The first-order valence-electron chi connectivity index (χ1n) is 5.97. The molecule has 1 aliphatic heterocycles. The summed E-state index contributed by atoms with van der Waals surface area (Å²) in [6, 6.07) is 0. The lowest BCUT2D eigenvalue weighted by molar-refractivity contribution is -0.0860. The van der Waals surface area contributed by atoms with Gasteiger partial charge in [-0.25, -0.2) is 0 Å². The van der Waals surface area contributed by atoms with Crippen LogP contribution in [0.4, 0.5) is 0 Å². The van der Waals surface area contributed by atoms with E-state index in [0.717, 1.165) is 18.5 Å². The third kappa shape index (κ3) is 2.07. The molecule has 1 fully saturated rings. The quantitative estimate of drug-likeness (QED) is 0.842. The monoisotopic (exact) mass is 237 g/mol. The Morgan fingerprint density at radius 3 is 2.71 bits per heavy atom. The predicted molar refractivity (Wildman–Crippen MR) is 63.7 cm³/mol. The van der Waals surface area contributed by atoms with Crippen molar-refractivity contribution in [3.05, 3.63) is 17.5 Å². The van der Waals surface area contributed by atoms with Gasteiger partial charge in [0.15, 0.2) is 0 Å². The van der Waals surface area contributed by atoms with Gasteiger partial charge >= 0.3 is 0 Å². The number of aliphatic hydroxyl groups is 1. The van der Waals surface area contributed by atoms with Crippen LogP contribution < -0.4 is 0 Å². The standard InChI is InChI=1S/C12H19N3O2/c1-4-5-12(17)7-15(8-12)11(16)10-6-13-14(3)9(10)2/h6,17H,4-5,7-8H2,1-3H3. The summed E-state index contributed by atoms with van der Waals surface area (Å²) in [5.41, 5.74) is 0.826. The summed E-state index contributed by atoms with van der Waals surface area (Å²) in [7, 11) is 1.82. The highest BCUT2D eigenvalue weighted by Crippen LogP contribution is 2.27. The van der Waals surface area contributed by atoms with E-state index >= 15 is 0 Å². The Hall–Kier alpha value is -1.36. The molecule has 5 heteroatoms. The molecule has 1 aromatic heterocycles. The average molecular weight is 237 g/mol. The van der Waals surface area contributed by atoms with E-state index in [0.29, 0.717) is 18.7 Å². The molecule has 1 saturated heterocycles. The van der Waals surface area contributed by atoms with E-state index in [-0.39, 0.29) is 5.91 Å². The summed E-state index contributed by atoms with van der Waals surface area (Å²) < 4.78 is 1.69. The molecule has 17 heavy (non-hydrogen) atoms. The molecule has 2 heterocycles. The van der Waals surface area contributed by atoms with Crippen molar-refractivity contribution in [3.63, 3.8) is 0 Å². The van der Waals surface area contributed by atoms with Gasteiger partial charge in [0.25, 0.3) is 5.91 Å². The van der Waals surface area contributed by atoms with E-state index in [1.807, 2.05) is 20.9 Å². The number of aryl methyl sites for hydroxylation is 1. The number of amides is 1. The lowest BCUT2D eigenvalue weighted by atomic mass is 9.89. The fourth-order valence-electron chi connectivity index (χ4n) is 2.31. The molecule has 0 bridgehead atoms. The maximum absolute atomic E-state index is 12.1. The molecule has 0 aliphatic carbocycles. The Morgan fingerprint density at radius 1 is 1.59 bits per heavy atom. The van der Waals surface area contributed by atoms with Gasteiger partial charge in [-0.1, -0.05) is 13.3 Å². The van der Waals surface area contributed by atoms with E-state index in [4.69, 9.17) is 0 Å². The van der Waals surface area contributed by atoms with Crippen LogP contribution in [0.2, 0.25) is 0 Å². The summed E-state index contributed by atoms with van der Waals surface area (Å²) in [4.78, 5) is 13.8. The summed E-state index contributed by atoms with van der Waals surface area (Å²) in [5.74, 6) is -0.0311. The van der Waals surface area contributed by atoms with Crippen molar-refractivity contribution in [1.29, 1.82) is 0 Å². The molecule has 1 N–H and O–H groups in total. The SMILES string of the molecule is CCCC1(O)CN(C(=O)c2cnn(C)c2C)C1. The van der Waals surface area contributed by atoms with Gasteiger partial charge in [0, 0.05) is 12.7 Å². The van der Waals surface area contributed by atoms with E-state index < -0.39 is 5.60 Å². The van der Waals surface area contributed by atoms with Gasteiger partial charge in [-0.15, -0.1) is 0 Å². The van der Waals surface area contributed by atoms with Crippen molar-refractivity contribution >= 4 is 5.91 Å². The molecule has 94 valence electrons. The molecule has 1 amide bonds. The van der Waals surface area contributed by atoms with Gasteiger partial charge in [0.05, 0.1) is 30.5 Å². The van der Waals surface area contributed by atoms with Crippen molar-refractivity contribution in [1.82, 2.24) is 14.7 Å². The van der Waals surface area contributed by atoms with Gasteiger partial charge in [-0.2, -0.15) is 5.10 Å². The molecule has 2 rings (SSSR count). The molecule has 0 saturated carbocycles.